The fourth-order valence-corrected chi connectivity index (χ4v) is 3.12. The maximum Gasteiger partial charge on any atom is 0.320 e. The van der Waals surface area contributed by atoms with Gasteiger partial charge in [0.1, 0.15) is 5.82 Å². The van der Waals surface area contributed by atoms with Gasteiger partial charge in [0.15, 0.2) is 0 Å². The van der Waals surface area contributed by atoms with Gasteiger partial charge in [-0.3, -0.25) is 15.4 Å². The van der Waals surface area contributed by atoms with E-state index in [9.17, 15) is 4.79 Å². The first-order valence-corrected chi connectivity index (χ1v) is 9.55. The Hall–Kier alpha value is -3.74. The van der Waals surface area contributed by atoms with E-state index < -0.39 is 0 Å². The predicted octanol–water partition coefficient (Wildman–Crippen LogP) is 4.16. The Bertz CT molecular complexity index is 1090. The number of aromatic nitrogens is 4. The Morgan fingerprint density at radius 2 is 1.93 bits per heavy atom. The van der Waals surface area contributed by atoms with Crippen LogP contribution in [-0.2, 0) is 6.42 Å². The standard InChI is InChI=1S/C22H22N6O/c1-15(7-8-16-5-3-2-4-6-16)26-22(29)28-21-10-9-19-20(27-21)11-17(12-23-19)18-13-24-25-14-18/h2-6,9-15H,7-8H2,1H3,(H,24,25)(H2,26,27,28,29). The van der Waals surface area contributed by atoms with E-state index >= 15 is 0 Å². The maximum absolute atomic E-state index is 12.3. The molecule has 0 aliphatic rings. The number of hydrogen-bond acceptors (Lipinski definition) is 4. The summed E-state index contributed by atoms with van der Waals surface area (Å²) in [4.78, 5) is 21.3. The Morgan fingerprint density at radius 1 is 1.07 bits per heavy atom. The number of benzene rings is 1. The third-order valence-electron chi connectivity index (χ3n) is 4.70. The fraction of sp³-hybridized carbons (Fsp3) is 0.182. The SMILES string of the molecule is CC(CCc1ccccc1)NC(=O)Nc1ccc2ncc(-c3cn[nH]c3)cc2n1. The first-order valence-electron chi connectivity index (χ1n) is 9.55. The molecule has 0 radical (unpaired) electrons. The van der Waals surface area contributed by atoms with Crippen molar-refractivity contribution in [1.29, 1.82) is 0 Å². The minimum atomic E-state index is -0.267. The van der Waals surface area contributed by atoms with Gasteiger partial charge >= 0.3 is 6.03 Å². The molecule has 1 aromatic carbocycles. The van der Waals surface area contributed by atoms with Crippen LogP contribution in [0.3, 0.4) is 0 Å². The second-order valence-corrected chi connectivity index (χ2v) is 6.97. The van der Waals surface area contributed by atoms with Crippen LogP contribution in [0.1, 0.15) is 18.9 Å². The molecule has 3 heterocycles. The van der Waals surface area contributed by atoms with E-state index in [1.807, 2.05) is 37.3 Å². The molecule has 0 fully saturated rings. The lowest BCUT2D eigenvalue weighted by Crippen LogP contribution is -2.36. The molecule has 3 N–H and O–H groups in total. The summed E-state index contributed by atoms with van der Waals surface area (Å²) in [7, 11) is 0. The molecule has 0 bridgehead atoms. The normalized spacial score (nSPS) is 11.9. The molecule has 29 heavy (non-hydrogen) atoms. The van der Waals surface area contributed by atoms with Crippen LogP contribution < -0.4 is 10.6 Å². The number of amides is 2. The monoisotopic (exact) mass is 386 g/mol. The number of pyridine rings is 2. The topological polar surface area (TPSA) is 95.6 Å². The Kier molecular flexibility index (Phi) is 5.47. The van der Waals surface area contributed by atoms with Crippen LogP contribution in [0.4, 0.5) is 10.6 Å². The van der Waals surface area contributed by atoms with Gasteiger partial charge in [0.25, 0.3) is 0 Å². The highest BCUT2D eigenvalue weighted by Crippen LogP contribution is 2.21. The molecule has 0 saturated carbocycles. The van der Waals surface area contributed by atoms with E-state index in [0.29, 0.717) is 11.3 Å². The third-order valence-corrected chi connectivity index (χ3v) is 4.70. The van der Waals surface area contributed by atoms with Crippen molar-refractivity contribution in [3.8, 4) is 11.1 Å². The number of urea groups is 1. The van der Waals surface area contributed by atoms with Gasteiger partial charge in [0, 0.05) is 29.6 Å². The molecule has 0 saturated heterocycles. The summed E-state index contributed by atoms with van der Waals surface area (Å²) in [6.45, 7) is 2.00. The number of aryl methyl sites for hydroxylation is 1. The van der Waals surface area contributed by atoms with Crippen LogP contribution >= 0.6 is 0 Å². The second kappa shape index (κ2) is 8.52. The molecule has 0 spiro atoms. The summed E-state index contributed by atoms with van der Waals surface area (Å²) in [5.74, 6) is 0.483. The smallest absolute Gasteiger partial charge is 0.320 e. The van der Waals surface area contributed by atoms with Crippen molar-refractivity contribution >= 4 is 22.9 Å². The van der Waals surface area contributed by atoms with Crippen LogP contribution in [0.25, 0.3) is 22.2 Å². The van der Waals surface area contributed by atoms with Gasteiger partial charge in [-0.1, -0.05) is 30.3 Å². The number of carbonyl (C=O) groups excluding carboxylic acids is 1. The van der Waals surface area contributed by atoms with E-state index in [1.165, 1.54) is 5.56 Å². The average molecular weight is 386 g/mol. The maximum atomic E-state index is 12.3. The Labute approximate surface area is 168 Å². The number of nitrogens with one attached hydrogen (secondary N) is 3. The first-order chi connectivity index (χ1) is 14.2. The van der Waals surface area contributed by atoms with Gasteiger partial charge in [-0.2, -0.15) is 5.10 Å². The highest BCUT2D eigenvalue weighted by Gasteiger charge is 2.10. The van der Waals surface area contributed by atoms with E-state index in [1.54, 1.807) is 24.7 Å². The Balaban J connectivity index is 1.38. The molecule has 0 aliphatic heterocycles. The lowest BCUT2D eigenvalue weighted by Gasteiger charge is -2.14. The quantitative estimate of drug-likeness (QED) is 0.464. The van der Waals surface area contributed by atoms with E-state index in [2.05, 4.69) is 42.9 Å². The van der Waals surface area contributed by atoms with Crippen molar-refractivity contribution in [1.82, 2.24) is 25.5 Å². The molecule has 1 unspecified atom stereocenters. The van der Waals surface area contributed by atoms with E-state index in [4.69, 9.17) is 0 Å². The molecule has 7 heteroatoms. The number of rotatable bonds is 6. The number of anilines is 1. The number of hydrogen-bond donors (Lipinski definition) is 3. The van der Waals surface area contributed by atoms with E-state index in [-0.39, 0.29) is 12.1 Å². The van der Waals surface area contributed by atoms with Crippen molar-refractivity contribution in [3.63, 3.8) is 0 Å². The fourth-order valence-electron chi connectivity index (χ4n) is 3.12. The van der Waals surface area contributed by atoms with Gasteiger partial charge in [-0.15, -0.1) is 0 Å². The lowest BCUT2D eigenvalue weighted by molar-refractivity contribution is 0.248. The highest BCUT2D eigenvalue weighted by molar-refractivity contribution is 5.90. The summed E-state index contributed by atoms with van der Waals surface area (Å²) >= 11 is 0. The van der Waals surface area contributed by atoms with Gasteiger partial charge in [-0.25, -0.2) is 9.78 Å². The molecule has 146 valence electrons. The number of carbonyl (C=O) groups is 1. The summed E-state index contributed by atoms with van der Waals surface area (Å²) in [6.07, 6.45) is 7.09. The average Bonchev–Trinajstić information content (AvgIpc) is 3.27. The van der Waals surface area contributed by atoms with Crippen molar-refractivity contribution in [2.24, 2.45) is 0 Å². The summed E-state index contributed by atoms with van der Waals surface area (Å²) < 4.78 is 0. The molecule has 4 rings (SSSR count). The molecule has 1 atom stereocenters. The van der Waals surface area contributed by atoms with Crippen LogP contribution in [0, 0.1) is 0 Å². The summed E-state index contributed by atoms with van der Waals surface area (Å²) in [5.41, 5.74) is 4.58. The zero-order valence-electron chi connectivity index (χ0n) is 16.1. The largest absolute Gasteiger partial charge is 0.335 e. The van der Waals surface area contributed by atoms with Gasteiger partial charge in [0.2, 0.25) is 0 Å². The zero-order valence-corrected chi connectivity index (χ0v) is 16.1. The number of H-pyrrole nitrogens is 1. The van der Waals surface area contributed by atoms with Crippen molar-refractivity contribution in [3.05, 3.63) is 72.7 Å². The molecule has 0 aliphatic carbocycles. The summed E-state index contributed by atoms with van der Waals surface area (Å²) in [6, 6.07) is 15.5. The minimum absolute atomic E-state index is 0.0463. The van der Waals surface area contributed by atoms with Crippen molar-refractivity contribution in [2.45, 2.75) is 25.8 Å². The van der Waals surface area contributed by atoms with Crippen molar-refractivity contribution < 1.29 is 4.79 Å². The number of fused-ring (bicyclic) bond motifs is 1. The molecular formula is C22H22N6O. The number of nitrogens with zero attached hydrogens (tertiary/aromatic N) is 3. The van der Waals surface area contributed by atoms with Gasteiger partial charge < -0.3 is 5.32 Å². The van der Waals surface area contributed by atoms with Crippen LogP contribution in [0.2, 0.25) is 0 Å². The molecular weight excluding hydrogens is 364 g/mol. The zero-order chi connectivity index (χ0) is 20.1. The third kappa shape index (κ3) is 4.76. The molecule has 3 aromatic heterocycles. The predicted molar refractivity (Wildman–Crippen MR) is 113 cm³/mol. The van der Waals surface area contributed by atoms with Crippen LogP contribution in [0.5, 0.6) is 0 Å². The van der Waals surface area contributed by atoms with Crippen molar-refractivity contribution in [2.75, 3.05) is 5.32 Å². The number of aromatic amines is 1. The second-order valence-electron chi connectivity index (χ2n) is 6.97. The first kappa shape index (κ1) is 18.6. The van der Waals surface area contributed by atoms with Gasteiger partial charge in [-0.05, 0) is 43.5 Å². The summed E-state index contributed by atoms with van der Waals surface area (Å²) in [5, 5.41) is 12.5. The molecule has 2 amide bonds. The van der Waals surface area contributed by atoms with Crippen LogP contribution in [0.15, 0.2) is 67.1 Å². The Morgan fingerprint density at radius 3 is 2.72 bits per heavy atom. The lowest BCUT2D eigenvalue weighted by atomic mass is 10.1. The minimum Gasteiger partial charge on any atom is -0.335 e. The van der Waals surface area contributed by atoms with Gasteiger partial charge in [0.05, 0.1) is 17.2 Å². The van der Waals surface area contributed by atoms with Crippen LogP contribution in [-0.4, -0.2) is 32.2 Å². The molecule has 7 nitrogen and oxygen atoms in total. The molecule has 4 aromatic rings. The highest BCUT2D eigenvalue weighted by atomic mass is 16.2. The van der Waals surface area contributed by atoms with E-state index in [0.717, 1.165) is 29.5 Å².